The van der Waals surface area contributed by atoms with Gasteiger partial charge in [0.05, 0.1) is 0 Å². The Labute approximate surface area is 71.9 Å². The van der Waals surface area contributed by atoms with Crippen LogP contribution < -0.4 is 0 Å². The van der Waals surface area contributed by atoms with Crippen LogP contribution in [0.5, 0.6) is 0 Å². The average molecular weight is 277 g/mol. The van der Waals surface area contributed by atoms with Gasteiger partial charge in [-0.05, 0) is 0 Å². The standard InChI is InChI=1S/In.3O.Ti.Zn.H. The third-order valence-electron chi connectivity index (χ3n) is 0. The van der Waals surface area contributed by atoms with E-state index in [9.17, 15) is 0 Å². The van der Waals surface area contributed by atoms with E-state index < -0.39 is 0 Å². The second kappa shape index (κ2) is 80.4. The van der Waals surface area contributed by atoms with Crippen LogP contribution in [-0.2, 0) is 48.4 Å². The summed E-state index contributed by atoms with van der Waals surface area (Å²) in [7, 11) is 0. The molecule has 0 aliphatic heterocycles. The second-order valence-electron chi connectivity index (χ2n) is 0. The summed E-state index contributed by atoms with van der Waals surface area (Å²) >= 11 is 0.775. The van der Waals surface area contributed by atoms with Crippen molar-refractivity contribution in [3.8, 4) is 0 Å². The quantitative estimate of drug-likeness (QED) is 0.533. The monoisotopic (exact) mass is 276 g/mol. The fraction of sp³-hybridized carbons (Fsp3) is 0. The van der Waals surface area contributed by atoms with Gasteiger partial charge in [0.1, 0.15) is 0 Å². The third kappa shape index (κ3) is 46.1. The molecule has 0 saturated carbocycles. The van der Waals surface area contributed by atoms with Crippen LogP contribution in [0, 0.1) is 0 Å². The van der Waals surface area contributed by atoms with Gasteiger partial charge in [-0.2, -0.15) is 0 Å². The van der Waals surface area contributed by atoms with Crippen LogP contribution in [0.4, 0.5) is 0 Å². The Bertz CT molecular complexity index is 15.5. The van der Waals surface area contributed by atoms with Crippen LogP contribution >= 0.6 is 0 Å². The van der Waals surface area contributed by atoms with Gasteiger partial charge < -0.3 is 0 Å². The average Bonchev–Trinajstić information content (AvgIpc) is 1.81. The van der Waals surface area contributed by atoms with Crippen molar-refractivity contribution in [1.29, 1.82) is 0 Å². The van der Waals surface area contributed by atoms with E-state index in [1.54, 1.807) is 0 Å². The van der Waals surface area contributed by atoms with E-state index in [1.807, 2.05) is 0 Å². The molecule has 0 aromatic rings. The van der Waals surface area contributed by atoms with E-state index >= 15 is 0 Å². The molecule has 0 N–H and O–H groups in total. The molecule has 28 valence electrons. The van der Waals surface area contributed by atoms with E-state index in [2.05, 4.69) is 0 Å². The van der Waals surface area contributed by atoms with Crippen molar-refractivity contribution in [2.75, 3.05) is 0 Å². The van der Waals surface area contributed by atoms with Crippen molar-refractivity contribution in [3.05, 3.63) is 0 Å². The van der Waals surface area contributed by atoms with Gasteiger partial charge in [-0.25, -0.2) is 0 Å². The zero-order valence-electron chi connectivity index (χ0n) is 3.14. The molecule has 0 aromatic heterocycles. The van der Waals surface area contributed by atoms with Gasteiger partial charge in [0.2, 0.25) is 0 Å². The van der Waals surface area contributed by atoms with Gasteiger partial charge in [0.15, 0.2) is 0 Å². The Balaban J connectivity index is -0.0000000225. The number of hydrogen-bond donors (Lipinski definition) is 0. The zero-order valence-corrected chi connectivity index (χ0v) is 11.7. The van der Waals surface area contributed by atoms with E-state index in [4.69, 9.17) is 9.75 Å². The number of hydrogen-bond acceptors (Lipinski definition) is 3. The van der Waals surface area contributed by atoms with Gasteiger partial charge in [0.25, 0.3) is 0 Å². The van der Waals surface area contributed by atoms with Gasteiger partial charge in [-0.3, -0.25) is 0 Å². The van der Waals surface area contributed by atoms with Crippen LogP contribution in [0.25, 0.3) is 0 Å². The zero-order chi connectivity index (χ0) is 6.00. The fourth-order valence-corrected chi connectivity index (χ4v) is 0. The second-order valence-corrected chi connectivity index (χ2v) is 0. The summed E-state index contributed by atoms with van der Waals surface area (Å²) in [5.41, 5.74) is 0. The SMILES string of the molecule is [O]=[InH].[O]=[Ti].[O]=[Zn]. The number of rotatable bonds is 0. The molecular weight excluding hydrogens is 276 g/mol. The van der Waals surface area contributed by atoms with Crippen molar-refractivity contribution in [1.82, 2.24) is 0 Å². The molecule has 0 unspecified atom stereocenters. The van der Waals surface area contributed by atoms with Crippen LogP contribution in [0.2, 0.25) is 0 Å². The summed E-state index contributed by atoms with van der Waals surface area (Å²) in [5.74, 6) is 0. The van der Waals surface area contributed by atoms with Crippen molar-refractivity contribution >= 4 is 24.4 Å². The van der Waals surface area contributed by atoms with Crippen molar-refractivity contribution in [2.45, 2.75) is 0 Å². The summed E-state index contributed by atoms with van der Waals surface area (Å²) in [5, 5.41) is 0. The van der Waals surface area contributed by atoms with Crippen molar-refractivity contribution in [3.63, 3.8) is 0 Å². The summed E-state index contributed by atoms with van der Waals surface area (Å²) in [4.78, 5) is 0. The molecule has 0 amide bonds. The molecule has 0 rings (SSSR count). The maximum atomic E-state index is 8.42. The topological polar surface area (TPSA) is 51.2 Å². The summed E-state index contributed by atoms with van der Waals surface area (Å²) in [6.45, 7) is 0. The Morgan fingerprint density at radius 2 is 1.17 bits per heavy atom. The minimum absolute atomic E-state index is 0.1000. The van der Waals surface area contributed by atoms with Gasteiger partial charge in [-0.1, -0.05) is 0 Å². The Kier molecular flexibility index (Phi) is 210. The Morgan fingerprint density at radius 3 is 1.17 bits per heavy atom. The van der Waals surface area contributed by atoms with E-state index in [0.717, 1.165) is 20.4 Å². The first kappa shape index (κ1) is 15.6. The van der Waals surface area contributed by atoms with E-state index in [1.165, 1.54) is 0 Å². The van der Waals surface area contributed by atoms with Crippen LogP contribution in [0.3, 0.4) is 0 Å². The normalized spacial score (nSPS) is 2.00. The molecule has 0 aromatic carbocycles. The molecular formula is HInO3TiZn. The van der Waals surface area contributed by atoms with Crippen molar-refractivity contribution < 1.29 is 48.4 Å². The molecule has 0 bridgehead atoms. The molecule has 0 atom stereocenters. The maximum absolute atomic E-state index is 8.42. The minimum atomic E-state index is -0.1000. The molecule has 0 radical (unpaired) electrons. The molecule has 6 heteroatoms. The fourth-order valence-electron chi connectivity index (χ4n) is 0. The van der Waals surface area contributed by atoms with E-state index in [-0.39, 0.29) is 42.6 Å². The predicted molar refractivity (Wildman–Crippen MR) is 9.21 cm³/mol. The van der Waals surface area contributed by atoms with Gasteiger partial charge in [0, 0.05) is 0 Å². The molecule has 0 aliphatic rings. The van der Waals surface area contributed by atoms with Crippen LogP contribution in [0.1, 0.15) is 0 Å². The molecule has 0 fully saturated rings. The summed E-state index contributed by atoms with van der Waals surface area (Å²) in [6, 6.07) is 0. The van der Waals surface area contributed by atoms with Gasteiger partial charge >= 0.3 is 72.8 Å². The molecule has 0 aliphatic carbocycles. The molecule has 0 saturated heterocycles. The summed E-state index contributed by atoms with van der Waals surface area (Å²) < 4.78 is 25.0. The third-order valence-corrected chi connectivity index (χ3v) is 0. The van der Waals surface area contributed by atoms with Crippen LogP contribution in [-0.4, -0.2) is 24.4 Å². The molecule has 6 heavy (non-hydrogen) atoms. The first-order valence-corrected chi connectivity index (χ1v) is 4.28. The van der Waals surface area contributed by atoms with Crippen molar-refractivity contribution in [2.24, 2.45) is 0 Å². The molecule has 3 nitrogen and oxygen atoms in total. The van der Waals surface area contributed by atoms with Crippen LogP contribution in [0.15, 0.2) is 0 Å². The van der Waals surface area contributed by atoms with Gasteiger partial charge in [-0.15, -0.1) is 0 Å². The predicted octanol–water partition coefficient (Wildman–Crippen LogP) is -1.01. The first-order chi connectivity index (χ1) is 3.00. The Morgan fingerprint density at radius 1 is 1.17 bits per heavy atom. The first-order valence-electron chi connectivity index (χ1n) is 0.781. The van der Waals surface area contributed by atoms with E-state index in [0.29, 0.717) is 0 Å². The Hall–Kier alpha value is 1.61. The molecule has 0 spiro atoms. The summed E-state index contributed by atoms with van der Waals surface area (Å²) in [6.07, 6.45) is 0. The molecule has 0 heterocycles.